The van der Waals surface area contributed by atoms with E-state index in [1.54, 1.807) is 0 Å². The highest BCUT2D eigenvalue weighted by atomic mass is 79.9. The standard InChI is InChI=1S/C13H17BrClNO/c1-2-17-11-6-10(7-11)16-8-9-3-4-13(15)12(14)5-9/h3-5,10-11,16H,2,6-8H2,1H3. The summed E-state index contributed by atoms with van der Waals surface area (Å²) in [7, 11) is 0. The normalized spacial score (nSPS) is 23.5. The lowest BCUT2D eigenvalue weighted by Gasteiger charge is -2.35. The fraction of sp³-hybridized carbons (Fsp3) is 0.538. The van der Waals surface area contributed by atoms with Crippen molar-refractivity contribution in [3.8, 4) is 0 Å². The van der Waals surface area contributed by atoms with E-state index < -0.39 is 0 Å². The predicted octanol–water partition coefficient (Wildman–Crippen LogP) is 3.76. The zero-order valence-electron chi connectivity index (χ0n) is 9.88. The molecule has 0 atom stereocenters. The van der Waals surface area contributed by atoms with Crippen LogP contribution in [0.3, 0.4) is 0 Å². The number of rotatable bonds is 5. The largest absolute Gasteiger partial charge is 0.378 e. The molecule has 0 bridgehead atoms. The third-order valence-corrected chi connectivity index (χ3v) is 4.29. The van der Waals surface area contributed by atoms with E-state index in [1.165, 1.54) is 5.56 Å². The Balaban J connectivity index is 1.74. The van der Waals surface area contributed by atoms with Crippen LogP contribution in [0.2, 0.25) is 5.02 Å². The van der Waals surface area contributed by atoms with E-state index in [4.69, 9.17) is 16.3 Å². The average molecular weight is 319 g/mol. The molecule has 0 heterocycles. The quantitative estimate of drug-likeness (QED) is 0.892. The molecule has 1 fully saturated rings. The van der Waals surface area contributed by atoms with Crippen LogP contribution in [0, 0.1) is 0 Å². The lowest BCUT2D eigenvalue weighted by molar-refractivity contribution is -0.0102. The van der Waals surface area contributed by atoms with Crippen LogP contribution in [-0.4, -0.2) is 18.8 Å². The van der Waals surface area contributed by atoms with E-state index in [1.807, 2.05) is 13.0 Å². The molecule has 1 aliphatic rings. The average Bonchev–Trinajstić information content (AvgIpc) is 2.26. The van der Waals surface area contributed by atoms with Crippen LogP contribution in [-0.2, 0) is 11.3 Å². The molecule has 1 aromatic rings. The first-order chi connectivity index (χ1) is 8.19. The van der Waals surface area contributed by atoms with Gasteiger partial charge >= 0.3 is 0 Å². The van der Waals surface area contributed by atoms with Gasteiger partial charge in [0.15, 0.2) is 0 Å². The van der Waals surface area contributed by atoms with Gasteiger partial charge in [0, 0.05) is 23.7 Å². The fourth-order valence-electron chi connectivity index (χ4n) is 2.02. The van der Waals surface area contributed by atoms with Crippen LogP contribution in [0.5, 0.6) is 0 Å². The smallest absolute Gasteiger partial charge is 0.0604 e. The van der Waals surface area contributed by atoms with Gasteiger partial charge in [-0.05, 0) is 53.4 Å². The third-order valence-electron chi connectivity index (χ3n) is 3.08. The van der Waals surface area contributed by atoms with Crippen LogP contribution >= 0.6 is 27.5 Å². The number of hydrogen-bond acceptors (Lipinski definition) is 2. The second-order valence-electron chi connectivity index (χ2n) is 4.38. The lowest BCUT2D eigenvalue weighted by atomic mass is 9.89. The van der Waals surface area contributed by atoms with Crippen LogP contribution in [0.4, 0.5) is 0 Å². The highest BCUT2D eigenvalue weighted by Gasteiger charge is 2.28. The Hall–Kier alpha value is -0.0900. The summed E-state index contributed by atoms with van der Waals surface area (Å²) in [4.78, 5) is 0. The molecule has 1 saturated carbocycles. The summed E-state index contributed by atoms with van der Waals surface area (Å²) >= 11 is 9.39. The Labute approximate surface area is 116 Å². The maximum atomic E-state index is 5.95. The maximum Gasteiger partial charge on any atom is 0.0604 e. The Morgan fingerprint density at radius 3 is 2.88 bits per heavy atom. The molecule has 0 saturated heterocycles. The molecule has 1 N–H and O–H groups in total. The van der Waals surface area contributed by atoms with Crippen LogP contribution in [0.1, 0.15) is 25.3 Å². The molecule has 1 aromatic carbocycles. The Morgan fingerprint density at radius 2 is 2.24 bits per heavy atom. The molecule has 0 amide bonds. The third kappa shape index (κ3) is 3.68. The summed E-state index contributed by atoms with van der Waals surface area (Å²) in [6, 6.07) is 6.64. The minimum absolute atomic E-state index is 0.467. The number of nitrogens with one attached hydrogen (secondary N) is 1. The van der Waals surface area contributed by atoms with Gasteiger partial charge in [-0.1, -0.05) is 17.7 Å². The molecule has 0 aliphatic heterocycles. The molecule has 94 valence electrons. The van der Waals surface area contributed by atoms with Crippen molar-refractivity contribution in [3.63, 3.8) is 0 Å². The van der Waals surface area contributed by atoms with Gasteiger partial charge < -0.3 is 10.1 Å². The van der Waals surface area contributed by atoms with Gasteiger partial charge in [-0.15, -0.1) is 0 Å². The first-order valence-corrected chi connectivity index (χ1v) is 7.15. The lowest BCUT2D eigenvalue weighted by Crippen LogP contribution is -2.45. The van der Waals surface area contributed by atoms with E-state index in [0.717, 1.165) is 35.5 Å². The van der Waals surface area contributed by atoms with Crippen LogP contribution < -0.4 is 5.32 Å². The second-order valence-corrected chi connectivity index (χ2v) is 5.64. The van der Waals surface area contributed by atoms with E-state index in [-0.39, 0.29) is 0 Å². The Bertz CT molecular complexity index is 380. The first kappa shape index (κ1) is 13.3. The van der Waals surface area contributed by atoms with E-state index in [2.05, 4.69) is 33.4 Å². The number of hydrogen-bond donors (Lipinski definition) is 1. The van der Waals surface area contributed by atoms with Crippen molar-refractivity contribution >= 4 is 27.5 Å². The number of halogens is 2. The minimum atomic E-state index is 0.467. The van der Waals surface area contributed by atoms with Gasteiger partial charge in [0.05, 0.1) is 11.1 Å². The predicted molar refractivity (Wildman–Crippen MR) is 74.4 cm³/mol. The summed E-state index contributed by atoms with van der Waals surface area (Å²) < 4.78 is 6.49. The van der Waals surface area contributed by atoms with Crippen molar-refractivity contribution in [1.29, 1.82) is 0 Å². The maximum absolute atomic E-state index is 5.95. The molecule has 0 aromatic heterocycles. The van der Waals surface area contributed by atoms with Crippen molar-refractivity contribution in [2.45, 2.75) is 38.5 Å². The van der Waals surface area contributed by atoms with Crippen LogP contribution in [0.25, 0.3) is 0 Å². The SMILES string of the molecule is CCOC1CC(NCc2ccc(Cl)c(Br)c2)C1. The van der Waals surface area contributed by atoms with E-state index in [9.17, 15) is 0 Å². The second kappa shape index (κ2) is 6.19. The molecular weight excluding hydrogens is 302 g/mol. The highest BCUT2D eigenvalue weighted by Crippen LogP contribution is 2.25. The first-order valence-electron chi connectivity index (χ1n) is 5.98. The number of ether oxygens (including phenoxy) is 1. The van der Waals surface area contributed by atoms with Gasteiger partial charge in [-0.3, -0.25) is 0 Å². The molecule has 2 rings (SSSR count). The molecule has 0 unspecified atom stereocenters. The fourth-order valence-corrected chi connectivity index (χ4v) is 2.56. The van der Waals surface area contributed by atoms with Crippen molar-refractivity contribution in [2.75, 3.05) is 6.61 Å². The molecule has 17 heavy (non-hydrogen) atoms. The highest BCUT2D eigenvalue weighted by molar-refractivity contribution is 9.10. The van der Waals surface area contributed by atoms with Gasteiger partial charge in [0.1, 0.15) is 0 Å². The topological polar surface area (TPSA) is 21.3 Å². The Morgan fingerprint density at radius 1 is 1.47 bits per heavy atom. The van der Waals surface area contributed by atoms with Crippen molar-refractivity contribution in [3.05, 3.63) is 33.3 Å². The van der Waals surface area contributed by atoms with Crippen LogP contribution in [0.15, 0.2) is 22.7 Å². The number of benzene rings is 1. The van der Waals surface area contributed by atoms with Gasteiger partial charge in [-0.2, -0.15) is 0 Å². The van der Waals surface area contributed by atoms with E-state index in [0.29, 0.717) is 12.1 Å². The zero-order valence-corrected chi connectivity index (χ0v) is 12.2. The van der Waals surface area contributed by atoms with Crippen molar-refractivity contribution in [1.82, 2.24) is 5.32 Å². The molecule has 1 aliphatic carbocycles. The molecule has 4 heteroatoms. The van der Waals surface area contributed by atoms with Gasteiger partial charge in [-0.25, -0.2) is 0 Å². The molecule has 0 radical (unpaired) electrons. The zero-order chi connectivity index (χ0) is 12.3. The summed E-state index contributed by atoms with van der Waals surface area (Å²) in [5.41, 5.74) is 1.25. The van der Waals surface area contributed by atoms with E-state index >= 15 is 0 Å². The van der Waals surface area contributed by atoms with Gasteiger partial charge in [0.25, 0.3) is 0 Å². The van der Waals surface area contributed by atoms with Gasteiger partial charge in [0.2, 0.25) is 0 Å². The van der Waals surface area contributed by atoms with Crippen molar-refractivity contribution < 1.29 is 4.74 Å². The summed E-state index contributed by atoms with van der Waals surface area (Å²) in [5, 5.41) is 4.28. The summed E-state index contributed by atoms with van der Waals surface area (Å²) in [6.45, 7) is 3.76. The Kier molecular flexibility index (Phi) is 4.86. The minimum Gasteiger partial charge on any atom is -0.378 e. The summed E-state index contributed by atoms with van der Waals surface area (Å²) in [5.74, 6) is 0. The van der Waals surface area contributed by atoms with Crippen molar-refractivity contribution in [2.24, 2.45) is 0 Å². The molecular formula is C13H17BrClNO. The summed E-state index contributed by atoms with van der Waals surface area (Å²) in [6.07, 6.45) is 2.72. The molecule has 2 nitrogen and oxygen atoms in total. The monoisotopic (exact) mass is 317 g/mol. The molecule has 0 spiro atoms.